The first-order valence-electron chi connectivity index (χ1n) is 5.19. The van der Waals surface area contributed by atoms with E-state index in [1.54, 1.807) is 0 Å². The number of benzene rings is 2. The van der Waals surface area contributed by atoms with Crippen LogP contribution in [0.2, 0.25) is 0 Å². The highest BCUT2D eigenvalue weighted by Gasteiger charge is 2.15. The van der Waals surface area contributed by atoms with Crippen molar-refractivity contribution in [2.45, 2.75) is 6.42 Å². The molecule has 0 saturated carbocycles. The molecule has 0 aliphatic heterocycles. The molecule has 0 spiro atoms. The molecule has 3 nitrogen and oxygen atoms in total. The molecule has 0 atom stereocenters. The molecule has 5 heteroatoms. The summed E-state index contributed by atoms with van der Waals surface area (Å²) in [6.45, 7) is 0. The van der Waals surface area contributed by atoms with Gasteiger partial charge in [0.2, 0.25) is 0 Å². The van der Waals surface area contributed by atoms with E-state index in [2.05, 4.69) is 4.74 Å². The summed E-state index contributed by atoms with van der Waals surface area (Å²) in [5.74, 6) is -2.12. The van der Waals surface area contributed by atoms with E-state index in [0.717, 1.165) is 18.2 Å². The number of carbonyl (C=O) groups is 1. The zero-order chi connectivity index (χ0) is 13.3. The lowest BCUT2D eigenvalue weighted by Crippen LogP contribution is -2.06. The SMILES string of the molecule is COC(=O)Cc1cc(O)c2cc(F)ccc2c1F. The maximum absolute atomic E-state index is 14.0. The van der Waals surface area contributed by atoms with Gasteiger partial charge in [0.15, 0.2) is 0 Å². The number of phenols is 1. The number of ether oxygens (including phenoxy) is 1. The third-order valence-corrected chi connectivity index (χ3v) is 2.65. The van der Waals surface area contributed by atoms with E-state index in [-0.39, 0.29) is 28.5 Å². The van der Waals surface area contributed by atoms with Gasteiger partial charge in [-0.1, -0.05) is 0 Å². The van der Waals surface area contributed by atoms with Crippen LogP contribution in [0.25, 0.3) is 10.8 Å². The van der Waals surface area contributed by atoms with E-state index in [4.69, 9.17) is 0 Å². The van der Waals surface area contributed by atoms with E-state index in [1.165, 1.54) is 13.2 Å². The molecule has 2 rings (SSSR count). The molecule has 0 aromatic heterocycles. The highest BCUT2D eigenvalue weighted by Crippen LogP contribution is 2.30. The summed E-state index contributed by atoms with van der Waals surface area (Å²) in [5.41, 5.74) is 0.0125. The molecule has 1 N–H and O–H groups in total. The Bertz CT molecular complexity index is 623. The van der Waals surface area contributed by atoms with E-state index >= 15 is 0 Å². The van der Waals surface area contributed by atoms with Crippen LogP contribution >= 0.6 is 0 Å². The summed E-state index contributed by atoms with van der Waals surface area (Å²) >= 11 is 0. The third kappa shape index (κ3) is 2.11. The maximum atomic E-state index is 14.0. The van der Waals surface area contributed by atoms with Crippen molar-refractivity contribution in [3.05, 3.63) is 41.5 Å². The molecule has 18 heavy (non-hydrogen) atoms. The Hall–Kier alpha value is -2.17. The van der Waals surface area contributed by atoms with Crippen molar-refractivity contribution in [1.29, 1.82) is 0 Å². The van der Waals surface area contributed by atoms with Crippen molar-refractivity contribution in [3.8, 4) is 5.75 Å². The number of phenolic OH excluding ortho intramolecular Hbond substituents is 1. The minimum absolute atomic E-state index is 0.0125. The van der Waals surface area contributed by atoms with Crippen molar-refractivity contribution >= 4 is 16.7 Å². The van der Waals surface area contributed by atoms with Crippen LogP contribution in [0, 0.1) is 11.6 Å². The topological polar surface area (TPSA) is 46.5 Å². The minimum atomic E-state index is -0.659. The summed E-state index contributed by atoms with van der Waals surface area (Å²) < 4.78 is 31.5. The molecule has 0 aliphatic carbocycles. The fraction of sp³-hybridized carbons (Fsp3) is 0.154. The van der Waals surface area contributed by atoms with Crippen molar-refractivity contribution in [2.75, 3.05) is 7.11 Å². The van der Waals surface area contributed by atoms with Gasteiger partial charge in [-0.15, -0.1) is 0 Å². The fourth-order valence-electron chi connectivity index (χ4n) is 1.76. The van der Waals surface area contributed by atoms with Gasteiger partial charge < -0.3 is 9.84 Å². The highest BCUT2D eigenvalue weighted by molar-refractivity contribution is 5.90. The molecule has 0 saturated heterocycles. The third-order valence-electron chi connectivity index (χ3n) is 2.65. The van der Waals surface area contributed by atoms with Crippen LogP contribution in [0.3, 0.4) is 0 Å². The number of methoxy groups -OCH3 is 1. The summed E-state index contributed by atoms with van der Waals surface area (Å²) in [5, 5.41) is 9.84. The standard InChI is InChI=1S/C13H10F2O3/c1-18-12(17)5-7-4-11(16)10-6-8(14)2-3-9(10)13(7)15/h2-4,6,16H,5H2,1H3. The molecule has 0 fully saturated rings. The average molecular weight is 252 g/mol. The Labute approximate surface area is 102 Å². The molecule has 0 radical (unpaired) electrons. The lowest BCUT2D eigenvalue weighted by Gasteiger charge is -2.08. The summed E-state index contributed by atoms with van der Waals surface area (Å²) in [7, 11) is 1.19. The largest absolute Gasteiger partial charge is 0.507 e. The Morgan fingerprint density at radius 2 is 2.00 bits per heavy atom. The summed E-state index contributed by atoms with van der Waals surface area (Å²) in [6.07, 6.45) is -0.288. The first-order chi connectivity index (χ1) is 8.52. The number of hydrogen-bond donors (Lipinski definition) is 1. The molecule has 2 aromatic carbocycles. The quantitative estimate of drug-likeness (QED) is 0.835. The molecule has 0 unspecified atom stereocenters. The highest BCUT2D eigenvalue weighted by atomic mass is 19.1. The van der Waals surface area contributed by atoms with Gasteiger partial charge in [-0.3, -0.25) is 4.79 Å². The maximum Gasteiger partial charge on any atom is 0.310 e. The Morgan fingerprint density at radius 3 is 2.67 bits per heavy atom. The van der Waals surface area contributed by atoms with Gasteiger partial charge in [0.05, 0.1) is 13.5 Å². The molecule has 94 valence electrons. The molecule has 0 heterocycles. The van der Waals surface area contributed by atoms with Crippen LogP contribution in [-0.2, 0) is 16.0 Å². The lowest BCUT2D eigenvalue weighted by atomic mass is 10.0. The van der Waals surface area contributed by atoms with Crippen LogP contribution in [0.5, 0.6) is 5.75 Å². The number of halogens is 2. The predicted octanol–water partition coefficient (Wildman–Crippen LogP) is 2.54. The van der Waals surface area contributed by atoms with Crippen LogP contribution in [-0.4, -0.2) is 18.2 Å². The molecule has 0 bridgehead atoms. The monoisotopic (exact) mass is 252 g/mol. The molecular weight excluding hydrogens is 242 g/mol. The van der Waals surface area contributed by atoms with Gasteiger partial charge in [-0.25, -0.2) is 8.78 Å². The van der Waals surface area contributed by atoms with Gasteiger partial charge in [0.1, 0.15) is 17.4 Å². The first-order valence-corrected chi connectivity index (χ1v) is 5.19. The van der Waals surface area contributed by atoms with Crippen molar-refractivity contribution < 1.29 is 23.4 Å². The smallest absolute Gasteiger partial charge is 0.310 e. The summed E-state index contributed by atoms with van der Waals surface area (Å²) in [4.78, 5) is 11.1. The Morgan fingerprint density at radius 1 is 1.28 bits per heavy atom. The number of esters is 1. The normalized spacial score (nSPS) is 10.6. The van der Waals surface area contributed by atoms with E-state index in [1.807, 2.05) is 0 Å². The predicted molar refractivity (Wildman–Crippen MR) is 61.2 cm³/mol. The van der Waals surface area contributed by atoms with E-state index in [0.29, 0.717) is 0 Å². The lowest BCUT2D eigenvalue weighted by molar-refractivity contribution is -0.139. The zero-order valence-electron chi connectivity index (χ0n) is 9.54. The van der Waals surface area contributed by atoms with Gasteiger partial charge in [-0.2, -0.15) is 0 Å². The number of aromatic hydroxyl groups is 1. The van der Waals surface area contributed by atoms with Crippen molar-refractivity contribution in [2.24, 2.45) is 0 Å². The van der Waals surface area contributed by atoms with Gasteiger partial charge in [0, 0.05) is 16.3 Å². The first kappa shape index (κ1) is 12.3. The van der Waals surface area contributed by atoms with Crippen LogP contribution in [0.15, 0.2) is 24.3 Å². The average Bonchev–Trinajstić information content (AvgIpc) is 2.35. The number of hydrogen-bond acceptors (Lipinski definition) is 3. The second kappa shape index (κ2) is 4.60. The number of carbonyl (C=O) groups excluding carboxylic acids is 1. The van der Waals surface area contributed by atoms with Crippen molar-refractivity contribution in [1.82, 2.24) is 0 Å². The second-order valence-corrected chi connectivity index (χ2v) is 3.81. The molecular formula is C13H10F2O3. The summed E-state index contributed by atoms with van der Waals surface area (Å²) in [6, 6.07) is 4.46. The van der Waals surface area contributed by atoms with Crippen LogP contribution < -0.4 is 0 Å². The number of fused-ring (bicyclic) bond motifs is 1. The molecule has 0 amide bonds. The van der Waals surface area contributed by atoms with Gasteiger partial charge >= 0.3 is 5.97 Å². The Balaban J connectivity index is 2.61. The zero-order valence-corrected chi connectivity index (χ0v) is 9.54. The minimum Gasteiger partial charge on any atom is -0.507 e. The molecule has 0 aliphatic rings. The Kier molecular flexibility index (Phi) is 3.14. The van der Waals surface area contributed by atoms with Crippen molar-refractivity contribution in [3.63, 3.8) is 0 Å². The van der Waals surface area contributed by atoms with E-state index in [9.17, 15) is 18.7 Å². The van der Waals surface area contributed by atoms with Crippen LogP contribution in [0.1, 0.15) is 5.56 Å². The second-order valence-electron chi connectivity index (χ2n) is 3.81. The number of rotatable bonds is 2. The van der Waals surface area contributed by atoms with Gasteiger partial charge in [0.25, 0.3) is 0 Å². The van der Waals surface area contributed by atoms with Crippen LogP contribution in [0.4, 0.5) is 8.78 Å². The van der Waals surface area contributed by atoms with Gasteiger partial charge in [-0.05, 0) is 24.3 Å². The van der Waals surface area contributed by atoms with E-state index < -0.39 is 17.6 Å². The molecule has 2 aromatic rings. The fourth-order valence-corrected chi connectivity index (χ4v) is 1.76.